The van der Waals surface area contributed by atoms with Gasteiger partial charge in [0.05, 0.1) is 11.7 Å². The summed E-state index contributed by atoms with van der Waals surface area (Å²) in [5.74, 6) is -0.204. The van der Waals surface area contributed by atoms with Gasteiger partial charge in [0.1, 0.15) is 11.4 Å². The van der Waals surface area contributed by atoms with Crippen molar-refractivity contribution in [2.75, 3.05) is 6.54 Å². The Morgan fingerprint density at radius 3 is 2.71 bits per heavy atom. The smallest absolute Gasteiger partial charge is 0.271 e. The van der Waals surface area contributed by atoms with E-state index in [4.69, 9.17) is 0 Å². The highest BCUT2D eigenvalue weighted by atomic mass is 16.2. The molecule has 0 radical (unpaired) electrons. The first-order chi connectivity index (χ1) is 13.5. The van der Waals surface area contributed by atoms with Crippen LogP contribution >= 0.6 is 0 Å². The molecule has 0 bridgehead atoms. The van der Waals surface area contributed by atoms with Gasteiger partial charge in [0.25, 0.3) is 11.8 Å². The zero-order chi connectivity index (χ0) is 19.7. The fraction of sp³-hybridized carbons (Fsp3) is 0.286. The molecule has 1 aliphatic rings. The minimum Gasteiger partial charge on any atom is -0.349 e. The van der Waals surface area contributed by atoms with E-state index in [1.807, 2.05) is 65.1 Å². The third-order valence-corrected chi connectivity index (χ3v) is 5.09. The molecular weight excluding hydrogens is 354 g/mol. The predicted octanol–water partition coefficient (Wildman–Crippen LogP) is 1.98. The van der Waals surface area contributed by atoms with Crippen LogP contribution in [-0.2, 0) is 20.1 Å². The van der Waals surface area contributed by atoms with Crippen LogP contribution in [0.25, 0.3) is 0 Å². The van der Waals surface area contributed by atoms with E-state index in [1.165, 1.54) is 0 Å². The molecule has 2 amide bonds. The van der Waals surface area contributed by atoms with Crippen LogP contribution in [-0.4, -0.2) is 43.6 Å². The fourth-order valence-electron chi connectivity index (χ4n) is 3.69. The van der Waals surface area contributed by atoms with Crippen molar-refractivity contribution in [3.05, 3.63) is 77.4 Å². The Labute approximate surface area is 163 Å². The molecule has 0 saturated carbocycles. The highest BCUT2D eigenvalue weighted by molar-refractivity contribution is 5.94. The fourth-order valence-corrected chi connectivity index (χ4v) is 3.69. The van der Waals surface area contributed by atoms with Crippen LogP contribution in [0.2, 0.25) is 0 Å². The summed E-state index contributed by atoms with van der Waals surface area (Å²) in [6.07, 6.45) is 1.91. The van der Waals surface area contributed by atoms with Crippen molar-refractivity contribution >= 4 is 11.8 Å². The number of hydrogen-bond acceptors (Lipinski definition) is 3. The van der Waals surface area contributed by atoms with Crippen molar-refractivity contribution in [3.8, 4) is 0 Å². The lowest BCUT2D eigenvalue weighted by atomic mass is 10.1. The van der Waals surface area contributed by atoms with E-state index in [-0.39, 0.29) is 17.9 Å². The van der Waals surface area contributed by atoms with E-state index < -0.39 is 0 Å². The Kier molecular flexibility index (Phi) is 4.73. The number of hydrogen-bond donors (Lipinski definition) is 1. The summed E-state index contributed by atoms with van der Waals surface area (Å²) in [5, 5.41) is 7.19. The Morgan fingerprint density at radius 1 is 1.21 bits per heavy atom. The molecule has 3 heterocycles. The molecule has 2 aromatic heterocycles. The van der Waals surface area contributed by atoms with Crippen molar-refractivity contribution in [1.29, 1.82) is 0 Å². The summed E-state index contributed by atoms with van der Waals surface area (Å²) in [7, 11) is 1.75. The van der Waals surface area contributed by atoms with Gasteiger partial charge in [-0.1, -0.05) is 30.3 Å². The average molecular weight is 377 g/mol. The standard InChI is InChI=1S/C21H23N5O2/c1-15-11-19(24(2)23-15)20(27)22-12-17-14-25-10-6-9-18(25)21(28)26(17)13-16-7-4-3-5-8-16/h3-11,17H,12-14H2,1-2H3,(H,22,27). The second kappa shape index (κ2) is 7.34. The normalized spacial score (nSPS) is 16.1. The molecule has 1 N–H and O–H groups in total. The average Bonchev–Trinajstić information content (AvgIpc) is 3.29. The third kappa shape index (κ3) is 3.43. The van der Waals surface area contributed by atoms with E-state index >= 15 is 0 Å². The maximum atomic E-state index is 13.0. The van der Waals surface area contributed by atoms with Crippen LogP contribution in [0, 0.1) is 6.92 Å². The van der Waals surface area contributed by atoms with Gasteiger partial charge in [0.15, 0.2) is 0 Å². The predicted molar refractivity (Wildman–Crippen MR) is 105 cm³/mol. The van der Waals surface area contributed by atoms with Crippen LogP contribution in [0.4, 0.5) is 0 Å². The monoisotopic (exact) mass is 377 g/mol. The minimum atomic E-state index is -0.187. The summed E-state index contributed by atoms with van der Waals surface area (Å²) >= 11 is 0. The first kappa shape index (κ1) is 18.0. The number of amides is 2. The summed E-state index contributed by atoms with van der Waals surface area (Å²) < 4.78 is 3.53. The molecule has 7 heteroatoms. The lowest BCUT2D eigenvalue weighted by Gasteiger charge is -2.37. The summed E-state index contributed by atoms with van der Waals surface area (Å²) in [5.41, 5.74) is 3.05. The number of aromatic nitrogens is 3. The molecular formula is C21H23N5O2. The molecule has 1 aliphatic heterocycles. The van der Waals surface area contributed by atoms with E-state index in [0.29, 0.717) is 31.0 Å². The molecule has 1 unspecified atom stereocenters. The lowest BCUT2D eigenvalue weighted by Crippen LogP contribution is -2.52. The molecule has 1 atom stereocenters. The van der Waals surface area contributed by atoms with E-state index in [1.54, 1.807) is 17.8 Å². The molecule has 4 rings (SSSR count). The number of carbonyl (C=O) groups excluding carboxylic acids is 2. The van der Waals surface area contributed by atoms with Crippen LogP contribution in [0.1, 0.15) is 32.2 Å². The van der Waals surface area contributed by atoms with Gasteiger partial charge in [-0.15, -0.1) is 0 Å². The highest BCUT2D eigenvalue weighted by Crippen LogP contribution is 2.21. The van der Waals surface area contributed by atoms with E-state index in [0.717, 1.165) is 11.3 Å². The number of carbonyl (C=O) groups is 2. The Morgan fingerprint density at radius 2 is 2.00 bits per heavy atom. The molecule has 0 spiro atoms. The van der Waals surface area contributed by atoms with Crippen molar-refractivity contribution < 1.29 is 9.59 Å². The maximum absolute atomic E-state index is 13.0. The maximum Gasteiger partial charge on any atom is 0.271 e. The van der Waals surface area contributed by atoms with E-state index in [9.17, 15) is 9.59 Å². The van der Waals surface area contributed by atoms with Crippen LogP contribution in [0.5, 0.6) is 0 Å². The zero-order valence-corrected chi connectivity index (χ0v) is 16.0. The number of aryl methyl sites for hydroxylation is 2. The Balaban J connectivity index is 1.53. The number of benzene rings is 1. The summed E-state index contributed by atoms with van der Waals surface area (Å²) in [6, 6.07) is 15.3. The minimum absolute atomic E-state index is 0.0178. The second-order valence-electron chi connectivity index (χ2n) is 7.12. The van der Waals surface area contributed by atoms with Gasteiger partial charge in [-0.3, -0.25) is 14.3 Å². The molecule has 3 aromatic rings. The second-order valence-corrected chi connectivity index (χ2v) is 7.12. The van der Waals surface area contributed by atoms with Crippen molar-refractivity contribution in [3.63, 3.8) is 0 Å². The highest BCUT2D eigenvalue weighted by Gasteiger charge is 2.32. The molecule has 144 valence electrons. The number of fused-ring (bicyclic) bond motifs is 1. The number of nitrogens with zero attached hydrogens (tertiary/aromatic N) is 4. The first-order valence-electron chi connectivity index (χ1n) is 9.32. The molecule has 28 heavy (non-hydrogen) atoms. The van der Waals surface area contributed by atoms with Crippen molar-refractivity contribution in [2.24, 2.45) is 7.05 Å². The van der Waals surface area contributed by atoms with Gasteiger partial charge in [-0.2, -0.15) is 5.10 Å². The largest absolute Gasteiger partial charge is 0.349 e. The van der Waals surface area contributed by atoms with Crippen LogP contribution in [0.3, 0.4) is 0 Å². The van der Waals surface area contributed by atoms with Crippen LogP contribution in [0.15, 0.2) is 54.7 Å². The number of rotatable bonds is 5. The zero-order valence-electron chi connectivity index (χ0n) is 16.0. The van der Waals surface area contributed by atoms with Crippen LogP contribution < -0.4 is 5.32 Å². The van der Waals surface area contributed by atoms with Gasteiger partial charge in [0.2, 0.25) is 0 Å². The summed E-state index contributed by atoms with van der Waals surface area (Å²) in [4.78, 5) is 27.5. The van der Waals surface area contributed by atoms with Gasteiger partial charge >= 0.3 is 0 Å². The molecule has 0 saturated heterocycles. The van der Waals surface area contributed by atoms with Gasteiger partial charge in [0, 0.05) is 32.9 Å². The number of nitrogens with one attached hydrogen (secondary N) is 1. The first-order valence-corrected chi connectivity index (χ1v) is 9.32. The van der Waals surface area contributed by atoms with Gasteiger partial charge in [-0.25, -0.2) is 0 Å². The molecule has 7 nitrogen and oxygen atoms in total. The SMILES string of the molecule is Cc1cc(C(=O)NCC2Cn3cccc3C(=O)N2Cc2ccccc2)n(C)n1. The lowest BCUT2D eigenvalue weighted by molar-refractivity contribution is 0.0562. The van der Waals surface area contributed by atoms with Gasteiger partial charge in [-0.05, 0) is 30.7 Å². The van der Waals surface area contributed by atoms with Crippen molar-refractivity contribution in [1.82, 2.24) is 24.6 Å². The van der Waals surface area contributed by atoms with E-state index in [2.05, 4.69) is 10.4 Å². The summed E-state index contributed by atoms with van der Waals surface area (Å²) in [6.45, 7) is 3.38. The molecule has 0 fully saturated rings. The van der Waals surface area contributed by atoms with Crippen molar-refractivity contribution in [2.45, 2.75) is 26.1 Å². The Bertz CT molecular complexity index is 1000. The molecule has 1 aromatic carbocycles. The van der Waals surface area contributed by atoms with Gasteiger partial charge < -0.3 is 14.8 Å². The topological polar surface area (TPSA) is 72.2 Å². The quantitative estimate of drug-likeness (QED) is 0.739. The molecule has 0 aliphatic carbocycles. The Hall–Kier alpha value is -3.35. The third-order valence-electron chi connectivity index (χ3n) is 5.09.